The molecule has 0 aliphatic carbocycles. The van der Waals surface area contributed by atoms with Gasteiger partial charge in [-0.2, -0.15) is 0 Å². The molecule has 0 saturated heterocycles. The first kappa shape index (κ1) is 15.9. The van der Waals surface area contributed by atoms with E-state index >= 15 is 0 Å². The fourth-order valence-electron chi connectivity index (χ4n) is 2.82. The van der Waals surface area contributed by atoms with Gasteiger partial charge in [0.05, 0.1) is 0 Å². The first-order valence-corrected chi connectivity index (χ1v) is 9.37. The Kier molecular flexibility index (Phi) is 5.23. The van der Waals surface area contributed by atoms with Gasteiger partial charge in [0.2, 0.25) is 0 Å². The zero-order valence-corrected chi connectivity index (χ0v) is 14.6. The minimum atomic E-state index is -1.47. The van der Waals surface area contributed by atoms with E-state index < -0.39 is 9.28 Å². The van der Waals surface area contributed by atoms with Crippen molar-refractivity contribution < 1.29 is 8.85 Å². The Morgan fingerprint density at radius 3 is 2.09 bits per heavy atom. The maximum absolute atomic E-state index is 5.92. The smallest absolute Gasteiger partial charge is 0.390 e. The van der Waals surface area contributed by atoms with Crippen LogP contribution in [0.3, 0.4) is 0 Å². The second kappa shape index (κ2) is 7.55. The maximum Gasteiger partial charge on any atom is 0.424 e. The third kappa shape index (κ3) is 3.37. The van der Waals surface area contributed by atoms with Crippen molar-refractivity contribution in [2.75, 3.05) is 13.2 Å². The Labute approximate surface area is 139 Å². The van der Waals surface area contributed by atoms with E-state index in [1.54, 1.807) is 0 Å². The van der Waals surface area contributed by atoms with Crippen LogP contribution in [0.25, 0.3) is 21.9 Å². The highest BCUT2D eigenvalue weighted by Gasteiger charge is 2.22. The van der Waals surface area contributed by atoms with Crippen molar-refractivity contribution in [1.82, 2.24) is 0 Å². The van der Waals surface area contributed by atoms with E-state index in [0.717, 1.165) is 0 Å². The molecule has 0 saturated carbocycles. The number of fused-ring (bicyclic) bond motifs is 1. The van der Waals surface area contributed by atoms with Crippen LogP contribution in [0.5, 0.6) is 0 Å². The van der Waals surface area contributed by atoms with Crippen LogP contribution >= 0.6 is 0 Å². The van der Waals surface area contributed by atoms with Crippen LogP contribution in [0, 0.1) is 0 Å². The Balaban J connectivity index is 2.16. The first-order chi connectivity index (χ1) is 11.3. The molecule has 0 spiro atoms. The molecule has 0 unspecified atom stereocenters. The Morgan fingerprint density at radius 2 is 1.30 bits per heavy atom. The molecule has 23 heavy (non-hydrogen) atoms. The minimum Gasteiger partial charge on any atom is -0.390 e. The van der Waals surface area contributed by atoms with Crippen molar-refractivity contribution in [1.29, 1.82) is 0 Å². The second-order valence-electron chi connectivity index (χ2n) is 5.23. The lowest BCUT2D eigenvalue weighted by atomic mass is 9.98. The molecule has 1 radical (unpaired) electrons. The topological polar surface area (TPSA) is 18.5 Å². The Hall–Kier alpha value is -1.94. The van der Waals surface area contributed by atoms with E-state index in [1.165, 1.54) is 27.1 Å². The lowest BCUT2D eigenvalue weighted by Crippen LogP contribution is -2.38. The number of benzene rings is 3. The molecule has 2 nitrogen and oxygen atoms in total. The molecule has 0 aliphatic rings. The minimum absolute atomic E-state index is 0.665. The quantitative estimate of drug-likeness (QED) is 0.631. The van der Waals surface area contributed by atoms with E-state index in [9.17, 15) is 0 Å². The molecule has 0 atom stereocenters. The Morgan fingerprint density at radius 1 is 0.696 bits per heavy atom. The number of rotatable bonds is 6. The summed E-state index contributed by atoms with van der Waals surface area (Å²) in [5, 5.41) is 3.69. The number of hydrogen-bond donors (Lipinski definition) is 0. The van der Waals surface area contributed by atoms with Crippen LogP contribution in [0.15, 0.2) is 66.7 Å². The van der Waals surface area contributed by atoms with Gasteiger partial charge in [0.15, 0.2) is 0 Å². The van der Waals surface area contributed by atoms with Gasteiger partial charge < -0.3 is 8.85 Å². The Bertz CT molecular complexity index is 774. The zero-order valence-electron chi connectivity index (χ0n) is 13.6. The van der Waals surface area contributed by atoms with Gasteiger partial charge in [0.25, 0.3) is 0 Å². The van der Waals surface area contributed by atoms with Gasteiger partial charge >= 0.3 is 9.28 Å². The highest BCUT2D eigenvalue weighted by atomic mass is 28.3. The summed E-state index contributed by atoms with van der Waals surface area (Å²) in [6.45, 7) is 5.37. The predicted octanol–water partition coefficient (Wildman–Crippen LogP) is 4.28. The van der Waals surface area contributed by atoms with E-state index in [4.69, 9.17) is 8.85 Å². The highest BCUT2D eigenvalue weighted by molar-refractivity contribution is 6.63. The summed E-state index contributed by atoms with van der Waals surface area (Å²) in [7, 11) is -1.47. The summed E-state index contributed by atoms with van der Waals surface area (Å²) in [6.07, 6.45) is 0. The molecule has 0 heterocycles. The fraction of sp³-hybridized carbons (Fsp3) is 0.200. The zero-order chi connectivity index (χ0) is 16.1. The largest absolute Gasteiger partial charge is 0.424 e. The third-order valence-electron chi connectivity index (χ3n) is 3.78. The van der Waals surface area contributed by atoms with Crippen LogP contribution in [-0.2, 0) is 8.85 Å². The number of hydrogen-bond acceptors (Lipinski definition) is 2. The molecule has 3 rings (SSSR count). The average Bonchev–Trinajstić information content (AvgIpc) is 2.61. The van der Waals surface area contributed by atoms with E-state index in [1.807, 2.05) is 13.8 Å². The molecule has 0 fully saturated rings. The summed E-state index contributed by atoms with van der Waals surface area (Å²) in [4.78, 5) is 0. The fourth-order valence-corrected chi connectivity index (χ4v) is 4.40. The molecule has 0 amide bonds. The van der Waals surface area contributed by atoms with E-state index in [0.29, 0.717) is 13.2 Å². The monoisotopic (exact) mass is 321 g/mol. The SMILES string of the molecule is CCO[Si](OCC)c1ccccc1-c1cccc2ccccc12. The highest BCUT2D eigenvalue weighted by Crippen LogP contribution is 2.27. The standard InChI is InChI=1S/C20H21O2Si/c1-3-21-23(22-4-2)20-15-8-7-13-19(20)18-14-9-11-16-10-5-6-12-17(16)18/h5-15H,3-4H2,1-2H3. The van der Waals surface area contributed by atoms with Gasteiger partial charge in [-0.1, -0.05) is 66.7 Å². The predicted molar refractivity (Wildman–Crippen MR) is 98.0 cm³/mol. The molecule has 3 aromatic carbocycles. The third-order valence-corrected chi connectivity index (χ3v) is 5.76. The molecule has 0 aromatic heterocycles. The summed E-state index contributed by atoms with van der Waals surface area (Å²) in [6, 6.07) is 23.4. The summed E-state index contributed by atoms with van der Waals surface area (Å²) in [5.74, 6) is 0. The molecular weight excluding hydrogens is 300 g/mol. The van der Waals surface area contributed by atoms with Crippen molar-refractivity contribution in [2.24, 2.45) is 0 Å². The van der Waals surface area contributed by atoms with Crippen LogP contribution in [0.2, 0.25) is 0 Å². The summed E-state index contributed by atoms with van der Waals surface area (Å²) in [5.41, 5.74) is 2.45. The van der Waals surface area contributed by atoms with Crippen LogP contribution in [-0.4, -0.2) is 22.5 Å². The first-order valence-electron chi connectivity index (χ1n) is 8.05. The second-order valence-corrected chi connectivity index (χ2v) is 6.92. The van der Waals surface area contributed by atoms with Crippen molar-refractivity contribution in [3.8, 4) is 11.1 Å². The lowest BCUT2D eigenvalue weighted by molar-refractivity contribution is 0.225. The molecular formula is C20H21O2Si. The van der Waals surface area contributed by atoms with E-state index in [2.05, 4.69) is 66.7 Å². The van der Waals surface area contributed by atoms with Gasteiger partial charge in [-0.3, -0.25) is 0 Å². The van der Waals surface area contributed by atoms with Crippen molar-refractivity contribution in [3.05, 3.63) is 66.7 Å². The van der Waals surface area contributed by atoms with Gasteiger partial charge in [-0.25, -0.2) is 0 Å². The molecule has 117 valence electrons. The maximum atomic E-state index is 5.92. The summed E-state index contributed by atoms with van der Waals surface area (Å²) < 4.78 is 11.8. The normalized spacial score (nSPS) is 11.3. The molecule has 3 heteroatoms. The van der Waals surface area contributed by atoms with E-state index in [-0.39, 0.29) is 0 Å². The van der Waals surface area contributed by atoms with Crippen LogP contribution in [0.4, 0.5) is 0 Å². The van der Waals surface area contributed by atoms with Gasteiger partial charge in [-0.05, 0) is 35.7 Å². The van der Waals surface area contributed by atoms with Crippen molar-refractivity contribution in [2.45, 2.75) is 13.8 Å². The molecule has 0 aliphatic heterocycles. The average molecular weight is 321 g/mol. The summed E-state index contributed by atoms with van der Waals surface area (Å²) >= 11 is 0. The molecule has 0 bridgehead atoms. The van der Waals surface area contributed by atoms with Gasteiger partial charge in [-0.15, -0.1) is 0 Å². The molecule has 3 aromatic rings. The van der Waals surface area contributed by atoms with Gasteiger partial charge in [0, 0.05) is 18.4 Å². The van der Waals surface area contributed by atoms with Gasteiger partial charge in [0.1, 0.15) is 0 Å². The van der Waals surface area contributed by atoms with Crippen LogP contribution in [0.1, 0.15) is 13.8 Å². The molecule has 0 N–H and O–H groups in total. The van der Waals surface area contributed by atoms with Crippen molar-refractivity contribution in [3.63, 3.8) is 0 Å². The van der Waals surface area contributed by atoms with Crippen LogP contribution < -0.4 is 5.19 Å². The lowest BCUT2D eigenvalue weighted by Gasteiger charge is -2.18. The van der Waals surface area contributed by atoms with Crippen molar-refractivity contribution >= 4 is 25.2 Å².